The van der Waals surface area contributed by atoms with Crippen molar-refractivity contribution in [2.24, 2.45) is 17.8 Å². The van der Waals surface area contributed by atoms with E-state index in [1.807, 2.05) is 12.1 Å². The zero-order valence-electron chi connectivity index (χ0n) is 16.4. The fourth-order valence-electron chi connectivity index (χ4n) is 5.55. The second-order valence-electron chi connectivity index (χ2n) is 8.67. The standard InChI is InChI=1S/C23H32O4/c1-2-3-4-7-17(24)9-10-18-19-11-15-6-5-8-21-20(15)12-16(19)13-22(18)27-23(25)14-26-21/h5-6,8,16-19,22,24H,2-4,7,9-14H2,1H3. The molecule has 0 spiro atoms. The molecule has 0 radical (unpaired) electrons. The number of hydrogen-bond acceptors (Lipinski definition) is 4. The number of aliphatic hydroxyl groups is 1. The van der Waals surface area contributed by atoms with Crippen LogP contribution >= 0.6 is 0 Å². The van der Waals surface area contributed by atoms with Gasteiger partial charge in [-0.05, 0) is 73.5 Å². The maximum Gasteiger partial charge on any atom is 0.344 e. The Bertz CT molecular complexity index is 670. The Morgan fingerprint density at radius 1 is 1.22 bits per heavy atom. The van der Waals surface area contributed by atoms with Gasteiger partial charge in [0.05, 0.1) is 6.10 Å². The number of carbonyl (C=O) groups excluding carboxylic acids is 1. The molecule has 4 nitrogen and oxygen atoms in total. The number of rotatable bonds is 7. The fraction of sp³-hybridized carbons (Fsp3) is 0.696. The van der Waals surface area contributed by atoms with Gasteiger partial charge in [-0.1, -0.05) is 38.3 Å². The molecule has 1 aromatic rings. The summed E-state index contributed by atoms with van der Waals surface area (Å²) in [5, 5.41) is 10.4. The van der Waals surface area contributed by atoms with E-state index in [4.69, 9.17) is 9.47 Å². The molecule has 4 heteroatoms. The van der Waals surface area contributed by atoms with Crippen molar-refractivity contribution in [3.63, 3.8) is 0 Å². The van der Waals surface area contributed by atoms with E-state index in [2.05, 4.69) is 13.0 Å². The molecule has 5 unspecified atom stereocenters. The van der Waals surface area contributed by atoms with Gasteiger partial charge in [-0.15, -0.1) is 0 Å². The SMILES string of the molecule is CCCCCC(O)CCC1C2CC3Cc4c(cccc4OCC(=O)O2)CC31. The van der Waals surface area contributed by atoms with Crippen LogP contribution in [0.15, 0.2) is 18.2 Å². The zero-order valence-corrected chi connectivity index (χ0v) is 16.4. The molecule has 0 aromatic heterocycles. The van der Waals surface area contributed by atoms with E-state index < -0.39 is 0 Å². The molecule has 4 rings (SSSR count). The first-order chi connectivity index (χ1) is 13.2. The predicted molar refractivity (Wildman–Crippen MR) is 104 cm³/mol. The van der Waals surface area contributed by atoms with Crippen molar-refractivity contribution in [1.82, 2.24) is 0 Å². The Morgan fingerprint density at radius 2 is 2.11 bits per heavy atom. The van der Waals surface area contributed by atoms with E-state index in [0.717, 1.165) is 50.7 Å². The van der Waals surface area contributed by atoms with Gasteiger partial charge in [-0.3, -0.25) is 0 Å². The van der Waals surface area contributed by atoms with Gasteiger partial charge in [0.25, 0.3) is 0 Å². The number of hydrogen-bond donors (Lipinski definition) is 1. The molecule has 3 bridgehead atoms. The molecule has 1 fully saturated rings. The van der Waals surface area contributed by atoms with Crippen molar-refractivity contribution in [1.29, 1.82) is 0 Å². The lowest BCUT2D eigenvalue weighted by Gasteiger charge is -2.32. The quantitative estimate of drug-likeness (QED) is 0.579. The first-order valence-electron chi connectivity index (χ1n) is 10.8. The van der Waals surface area contributed by atoms with Crippen LogP contribution in [-0.4, -0.2) is 29.9 Å². The third kappa shape index (κ3) is 4.01. The second-order valence-corrected chi connectivity index (χ2v) is 8.67. The third-order valence-electron chi connectivity index (χ3n) is 6.92. The number of benzene rings is 1. The van der Waals surface area contributed by atoms with E-state index in [0.29, 0.717) is 17.8 Å². The molecule has 1 N–H and O–H groups in total. The lowest BCUT2D eigenvalue weighted by molar-refractivity contribution is -0.153. The summed E-state index contributed by atoms with van der Waals surface area (Å²) in [6.45, 7) is 2.18. The monoisotopic (exact) mass is 372 g/mol. The van der Waals surface area contributed by atoms with Crippen LogP contribution in [0.4, 0.5) is 0 Å². The summed E-state index contributed by atoms with van der Waals surface area (Å²) in [5.41, 5.74) is 2.67. The van der Waals surface area contributed by atoms with Crippen LogP contribution in [0.25, 0.3) is 0 Å². The molecule has 3 aliphatic rings. The van der Waals surface area contributed by atoms with Crippen molar-refractivity contribution in [3.05, 3.63) is 29.3 Å². The lowest BCUT2D eigenvalue weighted by Crippen LogP contribution is -2.29. The van der Waals surface area contributed by atoms with E-state index in [-0.39, 0.29) is 24.8 Å². The Balaban J connectivity index is 1.50. The Labute approximate surface area is 162 Å². The molecule has 2 aliphatic carbocycles. The molecule has 0 saturated heterocycles. The molecule has 1 heterocycles. The average Bonchev–Trinajstić information content (AvgIpc) is 2.98. The summed E-state index contributed by atoms with van der Waals surface area (Å²) in [5.74, 6) is 2.06. The molecule has 0 amide bonds. The van der Waals surface area contributed by atoms with E-state index >= 15 is 0 Å². The minimum Gasteiger partial charge on any atom is -0.482 e. The van der Waals surface area contributed by atoms with Crippen molar-refractivity contribution in [2.75, 3.05) is 6.61 Å². The summed E-state index contributed by atoms with van der Waals surface area (Å²) in [4.78, 5) is 12.3. The minimum absolute atomic E-state index is 0.00531. The average molecular weight is 373 g/mol. The van der Waals surface area contributed by atoms with Gasteiger partial charge in [-0.25, -0.2) is 4.79 Å². The maximum absolute atomic E-state index is 12.3. The highest BCUT2D eigenvalue weighted by molar-refractivity contribution is 5.71. The topological polar surface area (TPSA) is 55.8 Å². The summed E-state index contributed by atoms with van der Waals surface area (Å²) in [6.07, 6.45) is 8.90. The smallest absolute Gasteiger partial charge is 0.344 e. The summed E-state index contributed by atoms with van der Waals surface area (Å²) in [7, 11) is 0. The van der Waals surface area contributed by atoms with Crippen LogP contribution in [0.3, 0.4) is 0 Å². The van der Waals surface area contributed by atoms with Crippen molar-refractivity contribution < 1.29 is 19.4 Å². The van der Waals surface area contributed by atoms with E-state index in [9.17, 15) is 9.90 Å². The molecule has 148 valence electrons. The van der Waals surface area contributed by atoms with Gasteiger partial charge in [0, 0.05) is 0 Å². The van der Waals surface area contributed by atoms with Crippen LogP contribution in [0.1, 0.15) is 63.0 Å². The molecular weight excluding hydrogens is 340 g/mol. The van der Waals surface area contributed by atoms with E-state index in [1.54, 1.807) is 0 Å². The molecule has 1 saturated carbocycles. The molecule has 5 atom stereocenters. The second kappa shape index (κ2) is 8.22. The van der Waals surface area contributed by atoms with Gasteiger partial charge < -0.3 is 14.6 Å². The number of aliphatic hydroxyl groups excluding tert-OH is 1. The summed E-state index contributed by atoms with van der Waals surface area (Å²) in [6, 6.07) is 6.23. The summed E-state index contributed by atoms with van der Waals surface area (Å²) < 4.78 is 11.6. The van der Waals surface area contributed by atoms with Crippen LogP contribution < -0.4 is 4.74 Å². The highest BCUT2D eigenvalue weighted by Crippen LogP contribution is 2.49. The zero-order chi connectivity index (χ0) is 18.8. The first kappa shape index (κ1) is 18.8. The Morgan fingerprint density at radius 3 is 2.96 bits per heavy atom. The van der Waals surface area contributed by atoms with Crippen molar-refractivity contribution in [2.45, 2.75) is 76.9 Å². The van der Waals surface area contributed by atoms with Crippen LogP contribution in [0, 0.1) is 17.8 Å². The predicted octanol–water partition coefficient (Wildman–Crippen LogP) is 4.06. The van der Waals surface area contributed by atoms with Gasteiger partial charge in [0.2, 0.25) is 0 Å². The highest BCUT2D eigenvalue weighted by atomic mass is 16.6. The van der Waals surface area contributed by atoms with Crippen LogP contribution in [0.5, 0.6) is 5.75 Å². The van der Waals surface area contributed by atoms with Gasteiger partial charge in [0.1, 0.15) is 11.9 Å². The van der Waals surface area contributed by atoms with Crippen molar-refractivity contribution >= 4 is 5.97 Å². The van der Waals surface area contributed by atoms with Crippen molar-refractivity contribution in [3.8, 4) is 5.75 Å². The number of esters is 1. The normalized spacial score (nSPS) is 29.9. The Hall–Kier alpha value is -1.55. The number of fused-ring (bicyclic) bond motifs is 1. The Kier molecular flexibility index (Phi) is 5.72. The lowest BCUT2D eigenvalue weighted by atomic mass is 9.73. The van der Waals surface area contributed by atoms with Crippen LogP contribution in [-0.2, 0) is 22.4 Å². The van der Waals surface area contributed by atoms with E-state index in [1.165, 1.54) is 24.0 Å². The third-order valence-corrected chi connectivity index (χ3v) is 6.92. The molecular formula is C23H32O4. The largest absolute Gasteiger partial charge is 0.482 e. The number of unbranched alkanes of at least 4 members (excludes halogenated alkanes) is 2. The molecule has 1 aromatic carbocycles. The van der Waals surface area contributed by atoms with Gasteiger partial charge in [-0.2, -0.15) is 0 Å². The highest BCUT2D eigenvalue weighted by Gasteiger charge is 2.47. The molecule has 1 aliphatic heterocycles. The number of ether oxygens (including phenoxy) is 2. The fourth-order valence-corrected chi connectivity index (χ4v) is 5.55. The summed E-state index contributed by atoms with van der Waals surface area (Å²) >= 11 is 0. The number of carbonyl (C=O) groups is 1. The van der Waals surface area contributed by atoms with Gasteiger partial charge in [0.15, 0.2) is 6.61 Å². The minimum atomic E-state index is -0.256. The van der Waals surface area contributed by atoms with Crippen LogP contribution in [0.2, 0.25) is 0 Å². The first-order valence-corrected chi connectivity index (χ1v) is 10.8. The van der Waals surface area contributed by atoms with Gasteiger partial charge >= 0.3 is 5.97 Å². The maximum atomic E-state index is 12.3. The molecule has 27 heavy (non-hydrogen) atoms.